The lowest BCUT2D eigenvalue weighted by atomic mass is 10.0. The van der Waals surface area contributed by atoms with E-state index in [0.29, 0.717) is 62.0 Å². The Bertz CT molecular complexity index is 2390. The molecule has 6 rings (SSSR count). The van der Waals surface area contributed by atoms with Crippen molar-refractivity contribution in [2.75, 3.05) is 32.3 Å². The smallest absolute Gasteiger partial charge is 0.326 e. The van der Waals surface area contributed by atoms with Crippen molar-refractivity contribution in [1.82, 2.24) is 20.6 Å². The maximum atomic E-state index is 12.7. The number of carbonyl (C=O) groups excluding carboxylic acids is 2. The number of hydrogen-bond donors (Lipinski definition) is 4. The van der Waals surface area contributed by atoms with Crippen LogP contribution < -0.4 is 25.5 Å². The molecule has 2 heterocycles. The van der Waals surface area contributed by atoms with Gasteiger partial charge in [0, 0.05) is 47.7 Å². The lowest BCUT2D eigenvalue weighted by Crippen LogP contribution is -2.42. The number of carboxylic acids is 1. The second kappa shape index (κ2) is 25.9. The van der Waals surface area contributed by atoms with Crippen LogP contribution in [0.3, 0.4) is 0 Å². The Kier molecular flexibility index (Phi) is 18.8. The Morgan fingerprint density at radius 3 is 2.26 bits per heavy atom. The number of carboxylic acid groups (broad SMARTS) is 1. The molecule has 16 heteroatoms. The molecule has 0 radical (unpaired) electrons. The first-order valence-corrected chi connectivity index (χ1v) is 21.7. The van der Waals surface area contributed by atoms with Gasteiger partial charge in [-0.05, 0) is 78.8 Å². The molecule has 0 aliphatic carbocycles. The first-order chi connectivity index (χ1) is 31.8. The molecule has 0 aliphatic rings. The predicted octanol–water partition coefficient (Wildman–Crippen LogP) is 8.72. The summed E-state index contributed by atoms with van der Waals surface area (Å²) in [5, 5.41) is 24.0. The highest BCUT2D eigenvalue weighted by Crippen LogP contribution is 2.29. The first-order valence-electron chi connectivity index (χ1n) is 21.0. The molecule has 336 valence electrons. The number of benzene rings is 4. The Labute approximate surface area is 381 Å². The van der Waals surface area contributed by atoms with E-state index in [1.807, 2.05) is 78.9 Å². The number of hydrazone groups is 1. The number of nitrogens with one attached hydrogen (secondary N) is 3. The number of aliphatic carboxylic acids is 1. The standard InChI is InChI=1S/C49H50N6O9S/c1-60-63-64-65-44-19-11-10-18-38(44)34-52-55-45-26-23-39(33-51-45)48(57)50-27-13-29-61-41-24-21-35(22-25-41)30-43(49(58)59)53-46(56)20-9-4-12-28-62-47-32-40(36-14-5-2-6-15-36)31-42(54-47)37-16-7-3-8-17-37/h2-3,5-8,10-11,14-19,21-26,31-34,43H,4,9,12-13,20,27-30H2,1H3,(H,50,57)(H,51,55)(H,53,56)(H,58,59)/b52-34+. The van der Waals surface area contributed by atoms with Crippen LogP contribution in [0.1, 0.15) is 53.6 Å². The average molecular weight is 899 g/mol. The second-order valence-corrected chi connectivity index (χ2v) is 15.2. The largest absolute Gasteiger partial charge is 0.494 e. The zero-order valence-corrected chi connectivity index (χ0v) is 36.6. The molecule has 0 fully saturated rings. The summed E-state index contributed by atoms with van der Waals surface area (Å²) in [4.78, 5) is 51.6. The van der Waals surface area contributed by atoms with Gasteiger partial charge in [0.2, 0.25) is 11.8 Å². The molecule has 0 aliphatic heterocycles. The van der Waals surface area contributed by atoms with Crippen LogP contribution in [0.4, 0.5) is 5.82 Å². The molecule has 0 bridgehead atoms. The molecule has 0 spiro atoms. The second-order valence-electron chi connectivity index (χ2n) is 14.5. The predicted molar refractivity (Wildman–Crippen MR) is 248 cm³/mol. The molecule has 6 aromatic rings. The molecule has 0 saturated heterocycles. The van der Waals surface area contributed by atoms with E-state index in [4.69, 9.17) is 18.8 Å². The summed E-state index contributed by atoms with van der Waals surface area (Å²) in [7, 11) is 1.34. The summed E-state index contributed by atoms with van der Waals surface area (Å²) in [6, 6.07) is 40.7. The number of pyridine rings is 2. The SMILES string of the molecule is COOOSc1ccccc1/C=N/Nc1ccc(C(=O)NCCCOc2ccc(CC(NC(=O)CCCCCOc3cc(-c4ccccc4)cc(-c4ccccc4)n3)C(=O)O)cc2)cn1. The lowest BCUT2D eigenvalue weighted by molar-refractivity contribution is -0.447. The quantitative estimate of drug-likeness (QED) is 0.0133. The van der Waals surface area contributed by atoms with Crippen LogP contribution in [-0.4, -0.2) is 72.0 Å². The van der Waals surface area contributed by atoms with Gasteiger partial charge < -0.3 is 25.2 Å². The van der Waals surface area contributed by atoms with Crippen molar-refractivity contribution in [3.05, 3.63) is 156 Å². The van der Waals surface area contributed by atoms with Crippen LogP contribution in [-0.2, 0) is 30.3 Å². The number of nitrogens with zero attached hydrogens (tertiary/aromatic N) is 3. The van der Waals surface area contributed by atoms with E-state index in [1.165, 1.54) is 13.3 Å². The highest BCUT2D eigenvalue weighted by atomic mass is 32.2. The molecule has 4 N–H and O–H groups in total. The van der Waals surface area contributed by atoms with E-state index < -0.39 is 12.0 Å². The normalized spacial score (nSPS) is 11.5. The van der Waals surface area contributed by atoms with Crippen LogP contribution >= 0.6 is 12.0 Å². The Morgan fingerprint density at radius 1 is 0.785 bits per heavy atom. The third-order valence-corrected chi connectivity index (χ3v) is 10.4. The zero-order chi connectivity index (χ0) is 45.5. The molecule has 1 unspecified atom stereocenters. The van der Waals surface area contributed by atoms with Gasteiger partial charge in [0.1, 0.15) is 17.6 Å². The van der Waals surface area contributed by atoms with Crippen LogP contribution in [0.15, 0.2) is 150 Å². The van der Waals surface area contributed by atoms with Crippen molar-refractivity contribution in [2.24, 2.45) is 5.10 Å². The summed E-state index contributed by atoms with van der Waals surface area (Å²) < 4.78 is 16.8. The van der Waals surface area contributed by atoms with Gasteiger partial charge in [0.05, 0.1) is 49.8 Å². The van der Waals surface area contributed by atoms with E-state index in [-0.39, 0.29) is 24.7 Å². The molecule has 2 aromatic heterocycles. The maximum absolute atomic E-state index is 12.7. The fraction of sp³-hybridized carbons (Fsp3) is 0.224. The summed E-state index contributed by atoms with van der Waals surface area (Å²) in [6.07, 6.45) is 5.95. The van der Waals surface area contributed by atoms with Gasteiger partial charge in [0.15, 0.2) is 0 Å². The van der Waals surface area contributed by atoms with Crippen LogP contribution in [0.2, 0.25) is 0 Å². The number of anilines is 1. The van der Waals surface area contributed by atoms with Crippen molar-refractivity contribution < 1.29 is 43.2 Å². The van der Waals surface area contributed by atoms with E-state index >= 15 is 0 Å². The van der Waals surface area contributed by atoms with Gasteiger partial charge in [-0.3, -0.25) is 15.0 Å². The molecule has 4 aromatic carbocycles. The lowest BCUT2D eigenvalue weighted by Gasteiger charge is -2.15. The first kappa shape index (κ1) is 47.4. The minimum atomic E-state index is -1.11. The van der Waals surface area contributed by atoms with Crippen molar-refractivity contribution in [2.45, 2.75) is 49.5 Å². The number of rotatable bonds is 26. The minimum Gasteiger partial charge on any atom is -0.494 e. The highest BCUT2D eigenvalue weighted by molar-refractivity contribution is 7.94. The maximum Gasteiger partial charge on any atom is 0.326 e. The number of carbonyl (C=O) groups is 3. The average Bonchev–Trinajstić information content (AvgIpc) is 3.34. The molecule has 1 atom stereocenters. The fourth-order valence-electron chi connectivity index (χ4n) is 6.37. The molecule has 65 heavy (non-hydrogen) atoms. The summed E-state index contributed by atoms with van der Waals surface area (Å²) in [5.74, 6) is -0.122. The Morgan fingerprint density at radius 2 is 1.52 bits per heavy atom. The molecular weight excluding hydrogens is 849 g/mol. The number of hydrogen-bond acceptors (Lipinski definition) is 13. The summed E-state index contributed by atoms with van der Waals surface area (Å²) >= 11 is 0.973. The van der Waals surface area contributed by atoms with Crippen molar-refractivity contribution in [3.8, 4) is 34.0 Å². The number of aromatic nitrogens is 2. The van der Waals surface area contributed by atoms with Gasteiger partial charge in [-0.1, -0.05) is 96.0 Å². The minimum absolute atomic E-state index is 0.121. The van der Waals surface area contributed by atoms with Crippen molar-refractivity contribution >= 4 is 41.9 Å². The summed E-state index contributed by atoms with van der Waals surface area (Å²) in [6.45, 7) is 1.16. The third kappa shape index (κ3) is 15.9. The number of ether oxygens (including phenoxy) is 2. The van der Waals surface area contributed by atoms with Gasteiger partial charge in [-0.2, -0.15) is 5.10 Å². The van der Waals surface area contributed by atoms with E-state index in [2.05, 4.69) is 54.3 Å². The van der Waals surface area contributed by atoms with E-state index in [9.17, 15) is 19.5 Å². The fourth-order valence-corrected chi connectivity index (χ4v) is 6.88. The zero-order valence-electron chi connectivity index (χ0n) is 35.8. The van der Waals surface area contributed by atoms with Crippen LogP contribution in [0.5, 0.6) is 11.6 Å². The van der Waals surface area contributed by atoms with E-state index in [1.54, 1.807) is 42.6 Å². The van der Waals surface area contributed by atoms with E-state index in [0.717, 1.165) is 56.9 Å². The topological polar surface area (TPSA) is 192 Å². The van der Waals surface area contributed by atoms with Crippen LogP contribution in [0, 0.1) is 0 Å². The number of amides is 2. The van der Waals surface area contributed by atoms with Crippen molar-refractivity contribution in [1.29, 1.82) is 0 Å². The summed E-state index contributed by atoms with van der Waals surface area (Å²) in [5.41, 5.74) is 8.63. The van der Waals surface area contributed by atoms with Crippen molar-refractivity contribution in [3.63, 3.8) is 0 Å². The van der Waals surface area contributed by atoms with Gasteiger partial charge in [0.25, 0.3) is 5.91 Å². The molecule has 15 nitrogen and oxygen atoms in total. The van der Waals surface area contributed by atoms with Gasteiger partial charge in [-0.25, -0.2) is 19.7 Å². The van der Waals surface area contributed by atoms with Gasteiger partial charge in [-0.15, -0.1) is 4.33 Å². The Balaban J connectivity index is 0.849. The molecule has 2 amide bonds. The van der Waals surface area contributed by atoms with Gasteiger partial charge >= 0.3 is 5.97 Å². The highest BCUT2D eigenvalue weighted by Gasteiger charge is 2.20. The molecule has 0 saturated carbocycles. The third-order valence-electron chi connectivity index (χ3n) is 9.70. The Hall–Kier alpha value is -7.11. The van der Waals surface area contributed by atoms with Crippen LogP contribution in [0.25, 0.3) is 22.4 Å². The number of unbranched alkanes of at least 4 members (excludes halogenated alkanes) is 2. The molecular formula is C49H50N6O9S. The monoisotopic (exact) mass is 898 g/mol.